The zero-order valence-corrected chi connectivity index (χ0v) is 11.4. The van der Waals surface area contributed by atoms with Crippen molar-refractivity contribution in [3.05, 3.63) is 33.8 Å². The molecular weight excluding hydrogens is 287 g/mol. The Balaban J connectivity index is 1.94. The summed E-state index contributed by atoms with van der Waals surface area (Å²) in [6.45, 7) is 0.612. The van der Waals surface area contributed by atoms with Crippen LogP contribution in [0.15, 0.2) is 18.2 Å². The van der Waals surface area contributed by atoms with Crippen molar-refractivity contribution in [2.75, 3.05) is 23.3 Å². The normalized spacial score (nSPS) is 10.4. The molecule has 0 fully saturated rings. The fourth-order valence-electron chi connectivity index (χ4n) is 1.50. The van der Waals surface area contributed by atoms with Gasteiger partial charge in [-0.2, -0.15) is 15.0 Å². The molecule has 100 valence electrons. The van der Waals surface area contributed by atoms with Gasteiger partial charge in [0.05, 0.1) is 10.0 Å². The average Bonchev–Trinajstić information content (AvgIpc) is 2.32. The Morgan fingerprint density at radius 3 is 2.32 bits per heavy atom. The molecule has 0 aliphatic rings. The van der Waals surface area contributed by atoms with E-state index in [0.717, 1.165) is 12.0 Å². The van der Waals surface area contributed by atoms with Gasteiger partial charge in [0, 0.05) is 6.54 Å². The first-order valence-electron chi connectivity index (χ1n) is 5.49. The summed E-state index contributed by atoms with van der Waals surface area (Å²) in [4.78, 5) is 11.5. The molecule has 6 nitrogen and oxygen atoms in total. The van der Waals surface area contributed by atoms with E-state index in [1.165, 1.54) is 0 Å². The molecule has 0 spiro atoms. The van der Waals surface area contributed by atoms with Crippen molar-refractivity contribution < 1.29 is 0 Å². The predicted molar refractivity (Wildman–Crippen MR) is 77.3 cm³/mol. The average molecular weight is 299 g/mol. The van der Waals surface area contributed by atoms with Crippen LogP contribution in [0.2, 0.25) is 10.0 Å². The number of nitrogen functional groups attached to an aromatic ring is 2. The minimum atomic E-state index is 0.0875. The van der Waals surface area contributed by atoms with E-state index in [1.807, 2.05) is 12.1 Å². The standard InChI is InChI=1S/C11H12Cl2N6/c12-7-2-1-6(5-8(7)13)3-4-16-11-18-9(14)17-10(15)19-11/h1-2,5H,3-4H2,(H5,14,15,16,17,18,19). The Labute approximate surface area is 120 Å². The van der Waals surface area contributed by atoms with Crippen LogP contribution in [0.3, 0.4) is 0 Å². The molecule has 1 heterocycles. The molecule has 0 bridgehead atoms. The number of hydrogen-bond acceptors (Lipinski definition) is 6. The van der Waals surface area contributed by atoms with Crippen LogP contribution in [0, 0.1) is 0 Å². The molecule has 0 aliphatic heterocycles. The van der Waals surface area contributed by atoms with E-state index in [9.17, 15) is 0 Å². The summed E-state index contributed by atoms with van der Waals surface area (Å²) in [6.07, 6.45) is 0.738. The van der Waals surface area contributed by atoms with Crippen molar-refractivity contribution in [1.29, 1.82) is 0 Å². The van der Waals surface area contributed by atoms with Crippen molar-refractivity contribution in [1.82, 2.24) is 15.0 Å². The highest BCUT2D eigenvalue weighted by atomic mass is 35.5. The van der Waals surface area contributed by atoms with Gasteiger partial charge in [0.2, 0.25) is 17.8 Å². The highest BCUT2D eigenvalue weighted by Crippen LogP contribution is 2.22. The van der Waals surface area contributed by atoms with E-state index in [0.29, 0.717) is 22.5 Å². The lowest BCUT2D eigenvalue weighted by atomic mass is 10.1. The van der Waals surface area contributed by atoms with Gasteiger partial charge in [0.1, 0.15) is 0 Å². The second-order valence-corrected chi connectivity index (χ2v) is 4.62. The third kappa shape index (κ3) is 3.84. The van der Waals surface area contributed by atoms with Crippen molar-refractivity contribution in [2.45, 2.75) is 6.42 Å². The predicted octanol–water partition coefficient (Wildman–Crippen LogP) is 2.00. The summed E-state index contributed by atoms with van der Waals surface area (Å²) in [6, 6.07) is 5.49. The Bertz CT molecular complexity index is 569. The van der Waals surface area contributed by atoms with Crippen molar-refractivity contribution >= 4 is 41.0 Å². The van der Waals surface area contributed by atoms with E-state index in [2.05, 4.69) is 20.3 Å². The van der Waals surface area contributed by atoms with Crippen LogP contribution in [-0.2, 0) is 6.42 Å². The lowest BCUT2D eigenvalue weighted by Crippen LogP contribution is -2.11. The number of hydrogen-bond donors (Lipinski definition) is 3. The summed E-state index contributed by atoms with van der Waals surface area (Å²) in [5, 5.41) is 4.08. The van der Waals surface area contributed by atoms with Gasteiger partial charge in [-0.15, -0.1) is 0 Å². The maximum Gasteiger partial charge on any atom is 0.229 e. The number of nitrogens with two attached hydrogens (primary N) is 2. The molecule has 2 aromatic rings. The van der Waals surface area contributed by atoms with Gasteiger partial charge in [0.15, 0.2) is 0 Å². The first-order valence-corrected chi connectivity index (χ1v) is 6.25. The zero-order chi connectivity index (χ0) is 13.8. The minimum Gasteiger partial charge on any atom is -0.368 e. The van der Waals surface area contributed by atoms with Crippen LogP contribution in [0.5, 0.6) is 0 Å². The van der Waals surface area contributed by atoms with Crippen LogP contribution in [0.4, 0.5) is 17.8 Å². The molecule has 0 unspecified atom stereocenters. The molecule has 0 radical (unpaired) electrons. The summed E-state index contributed by atoms with van der Waals surface area (Å²) >= 11 is 11.8. The molecular formula is C11H12Cl2N6. The maximum absolute atomic E-state index is 5.93. The quantitative estimate of drug-likeness (QED) is 0.798. The third-order valence-corrected chi connectivity index (χ3v) is 3.09. The molecule has 0 aliphatic carbocycles. The van der Waals surface area contributed by atoms with E-state index in [1.54, 1.807) is 6.07 Å². The van der Waals surface area contributed by atoms with Crippen LogP contribution >= 0.6 is 23.2 Å². The molecule has 5 N–H and O–H groups in total. The molecule has 1 aromatic carbocycles. The zero-order valence-electron chi connectivity index (χ0n) is 9.90. The number of anilines is 3. The van der Waals surface area contributed by atoms with Crippen LogP contribution in [-0.4, -0.2) is 21.5 Å². The minimum absolute atomic E-state index is 0.0875. The second-order valence-electron chi connectivity index (χ2n) is 3.80. The first-order chi connectivity index (χ1) is 9.04. The topological polar surface area (TPSA) is 103 Å². The van der Waals surface area contributed by atoms with Crippen LogP contribution < -0.4 is 16.8 Å². The Kier molecular flexibility index (Phi) is 4.24. The Hall–Kier alpha value is -1.79. The molecule has 0 saturated carbocycles. The maximum atomic E-state index is 5.93. The Morgan fingerprint density at radius 1 is 1.00 bits per heavy atom. The van der Waals surface area contributed by atoms with Gasteiger partial charge in [-0.05, 0) is 24.1 Å². The highest BCUT2D eigenvalue weighted by Gasteiger charge is 2.02. The lowest BCUT2D eigenvalue weighted by molar-refractivity contribution is 0.972. The summed E-state index contributed by atoms with van der Waals surface area (Å²) in [7, 11) is 0. The number of benzene rings is 1. The van der Waals surface area contributed by atoms with Gasteiger partial charge in [-0.3, -0.25) is 0 Å². The molecule has 0 saturated heterocycles. The molecule has 1 aromatic heterocycles. The number of halogens is 2. The van der Waals surface area contributed by atoms with E-state index in [4.69, 9.17) is 34.7 Å². The smallest absolute Gasteiger partial charge is 0.229 e. The van der Waals surface area contributed by atoms with Crippen LogP contribution in [0.1, 0.15) is 5.56 Å². The third-order valence-electron chi connectivity index (χ3n) is 2.35. The first kappa shape index (κ1) is 13.6. The highest BCUT2D eigenvalue weighted by molar-refractivity contribution is 6.42. The molecule has 19 heavy (non-hydrogen) atoms. The fraction of sp³-hybridized carbons (Fsp3) is 0.182. The number of rotatable bonds is 4. The SMILES string of the molecule is Nc1nc(N)nc(NCCc2ccc(Cl)c(Cl)c2)n1. The summed E-state index contributed by atoms with van der Waals surface area (Å²) in [5.74, 6) is 0.527. The Morgan fingerprint density at radius 2 is 1.68 bits per heavy atom. The van der Waals surface area contributed by atoms with Gasteiger partial charge in [0.25, 0.3) is 0 Å². The summed E-state index contributed by atoms with van der Waals surface area (Å²) < 4.78 is 0. The monoisotopic (exact) mass is 298 g/mol. The van der Waals surface area contributed by atoms with Crippen molar-refractivity contribution in [3.63, 3.8) is 0 Å². The number of aromatic nitrogens is 3. The van der Waals surface area contributed by atoms with E-state index in [-0.39, 0.29) is 11.9 Å². The summed E-state index contributed by atoms with van der Waals surface area (Å²) in [5.41, 5.74) is 12.0. The number of nitrogens with one attached hydrogen (secondary N) is 1. The second kappa shape index (κ2) is 5.90. The molecule has 2 rings (SSSR count). The fourth-order valence-corrected chi connectivity index (χ4v) is 1.82. The van der Waals surface area contributed by atoms with Crippen molar-refractivity contribution in [2.24, 2.45) is 0 Å². The van der Waals surface area contributed by atoms with E-state index >= 15 is 0 Å². The van der Waals surface area contributed by atoms with Crippen LogP contribution in [0.25, 0.3) is 0 Å². The van der Waals surface area contributed by atoms with Crippen molar-refractivity contribution in [3.8, 4) is 0 Å². The van der Waals surface area contributed by atoms with Gasteiger partial charge in [-0.1, -0.05) is 29.3 Å². The molecule has 0 amide bonds. The molecule has 8 heteroatoms. The van der Waals surface area contributed by atoms with Gasteiger partial charge >= 0.3 is 0 Å². The van der Waals surface area contributed by atoms with E-state index < -0.39 is 0 Å². The number of nitrogens with zero attached hydrogens (tertiary/aromatic N) is 3. The van der Waals surface area contributed by atoms with Gasteiger partial charge < -0.3 is 16.8 Å². The van der Waals surface area contributed by atoms with Gasteiger partial charge in [-0.25, -0.2) is 0 Å². The lowest BCUT2D eigenvalue weighted by Gasteiger charge is -2.06. The largest absolute Gasteiger partial charge is 0.368 e. The molecule has 0 atom stereocenters.